The van der Waals surface area contributed by atoms with E-state index in [0.717, 1.165) is 30.3 Å². The number of benzene rings is 1. The van der Waals surface area contributed by atoms with Crippen molar-refractivity contribution in [3.05, 3.63) is 39.8 Å². The van der Waals surface area contributed by atoms with Crippen LogP contribution in [0.15, 0.2) is 29.2 Å². The monoisotopic (exact) mass is 291 g/mol. The lowest BCUT2D eigenvalue weighted by Crippen LogP contribution is -2.15. The fraction of sp³-hybridized carbons (Fsp3) is 0.429. The standard InChI is InChI=1S/C14H17N3S2/c1-2-15-8-7-13-16-17-14(19-13)11-9-18-12-6-4-3-5-10(11)12/h3-6,11,15H,2,7-9H2,1H3. The van der Waals surface area contributed by atoms with Crippen LogP contribution in [0.2, 0.25) is 0 Å². The highest BCUT2D eigenvalue weighted by molar-refractivity contribution is 7.99. The maximum absolute atomic E-state index is 4.40. The number of likely N-dealkylation sites (N-methyl/N-ethyl adjacent to an activating group) is 1. The van der Waals surface area contributed by atoms with E-state index in [4.69, 9.17) is 0 Å². The van der Waals surface area contributed by atoms with E-state index < -0.39 is 0 Å². The molecule has 1 aliphatic heterocycles. The fourth-order valence-corrected chi connectivity index (χ4v) is 4.55. The molecule has 1 N–H and O–H groups in total. The van der Waals surface area contributed by atoms with Crippen molar-refractivity contribution in [2.45, 2.75) is 24.2 Å². The molecule has 5 heteroatoms. The highest BCUT2D eigenvalue weighted by Crippen LogP contribution is 2.43. The second-order valence-corrected chi connectivity index (χ2v) is 6.69. The first-order valence-electron chi connectivity index (χ1n) is 6.63. The average Bonchev–Trinajstić information content (AvgIpc) is 3.05. The first-order valence-corrected chi connectivity index (χ1v) is 8.43. The van der Waals surface area contributed by atoms with Gasteiger partial charge in [-0.1, -0.05) is 25.1 Å². The van der Waals surface area contributed by atoms with Crippen LogP contribution in [0.25, 0.3) is 0 Å². The summed E-state index contributed by atoms with van der Waals surface area (Å²) in [6.45, 7) is 4.12. The number of nitrogens with zero attached hydrogens (tertiary/aromatic N) is 2. The summed E-state index contributed by atoms with van der Waals surface area (Å²) in [4.78, 5) is 1.40. The molecule has 1 aliphatic rings. The summed E-state index contributed by atoms with van der Waals surface area (Å²) in [6.07, 6.45) is 0.979. The van der Waals surface area contributed by atoms with E-state index in [1.54, 1.807) is 11.3 Å². The van der Waals surface area contributed by atoms with Gasteiger partial charge in [-0.25, -0.2) is 0 Å². The molecular formula is C14H17N3S2. The zero-order chi connectivity index (χ0) is 13.1. The van der Waals surface area contributed by atoms with Gasteiger partial charge < -0.3 is 5.32 Å². The van der Waals surface area contributed by atoms with Gasteiger partial charge in [0.25, 0.3) is 0 Å². The lowest BCUT2D eigenvalue weighted by atomic mass is 10.0. The van der Waals surface area contributed by atoms with Crippen LogP contribution in [-0.4, -0.2) is 29.0 Å². The van der Waals surface area contributed by atoms with Gasteiger partial charge in [-0.3, -0.25) is 0 Å². The van der Waals surface area contributed by atoms with Crippen molar-refractivity contribution in [2.75, 3.05) is 18.8 Å². The Labute approximate surface area is 121 Å². The SMILES string of the molecule is CCNCCc1nnc(C2CSc3ccccc32)s1. The van der Waals surface area contributed by atoms with Crippen molar-refractivity contribution < 1.29 is 0 Å². The van der Waals surface area contributed by atoms with Gasteiger partial charge in [0, 0.05) is 29.5 Å². The quantitative estimate of drug-likeness (QED) is 0.860. The van der Waals surface area contributed by atoms with E-state index in [-0.39, 0.29) is 0 Å². The van der Waals surface area contributed by atoms with E-state index in [9.17, 15) is 0 Å². The van der Waals surface area contributed by atoms with Crippen LogP contribution >= 0.6 is 23.1 Å². The molecule has 0 radical (unpaired) electrons. The molecule has 1 unspecified atom stereocenters. The molecule has 1 aromatic heterocycles. The zero-order valence-electron chi connectivity index (χ0n) is 10.9. The summed E-state index contributed by atoms with van der Waals surface area (Å²) in [5.74, 6) is 1.54. The second-order valence-electron chi connectivity index (χ2n) is 4.54. The van der Waals surface area contributed by atoms with Gasteiger partial charge in [-0.15, -0.1) is 33.3 Å². The number of thioether (sulfide) groups is 1. The lowest BCUT2D eigenvalue weighted by molar-refractivity contribution is 0.709. The third kappa shape index (κ3) is 2.83. The van der Waals surface area contributed by atoms with Gasteiger partial charge in [0.2, 0.25) is 0 Å². The molecule has 1 aromatic carbocycles. The molecule has 2 aromatic rings. The van der Waals surface area contributed by atoms with Gasteiger partial charge in [-0.2, -0.15) is 0 Å². The Kier molecular flexibility index (Phi) is 4.15. The third-order valence-corrected chi connectivity index (χ3v) is 5.53. The summed E-state index contributed by atoms with van der Waals surface area (Å²) in [5.41, 5.74) is 1.42. The fourth-order valence-electron chi connectivity index (χ4n) is 2.25. The smallest absolute Gasteiger partial charge is 0.125 e. The Bertz CT molecular complexity index is 553. The molecule has 0 fully saturated rings. The first kappa shape index (κ1) is 13.1. The first-order chi connectivity index (χ1) is 9.38. The largest absolute Gasteiger partial charge is 0.317 e. The third-order valence-electron chi connectivity index (χ3n) is 3.25. The molecule has 19 heavy (non-hydrogen) atoms. The van der Waals surface area contributed by atoms with Crippen molar-refractivity contribution in [1.29, 1.82) is 0 Å². The van der Waals surface area contributed by atoms with Crippen molar-refractivity contribution in [1.82, 2.24) is 15.5 Å². The minimum atomic E-state index is 0.437. The van der Waals surface area contributed by atoms with E-state index in [0.29, 0.717) is 5.92 Å². The summed E-state index contributed by atoms with van der Waals surface area (Å²) in [7, 11) is 0. The molecule has 0 aliphatic carbocycles. The van der Waals surface area contributed by atoms with Crippen LogP contribution in [0.1, 0.15) is 28.4 Å². The molecule has 0 spiro atoms. The minimum Gasteiger partial charge on any atom is -0.317 e. The second kappa shape index (κ2) is 6.03. The molecule has 0 amide bonds. The predicted octanol–water partition coefficient (Wildman–Crippen LogP) is 2.93. The lowest BCUT2D eigenvalue weighted by Gasteiger charge is -2.05. The van der Waals surface area contributed by atoms with E-state index >= 15 is 0 Å². The summed E-state index contributed by atoms with van der Waals surface area (Å²) in [6, 6.07) is 8.65. The number of fused-ring (bicyclic) bond motifs is 1. The normalized spacial score (nSPS) is 17.6. The zero-order valence-corrected chi connectivity index (χ0v) is 12.6. The van der Waals surface area contributed by atoms with Crippen LogP contribution in [0.3, 0.4) is 0 Å². The minimum absolute atomic E-state index is 0.437. The molecular weight excluding hydrogens is 274 g/mol. The molecule has 2 heterocycles. The molecule has 0 saturated heterocycles. The van der Waals surface area contributed by atoms with Crippen LogP contribution in [0.4, 0.5) is 0 Å². The Morgan fingerprint density at radius 1 is 1.32 bits per heavy atom. The molecule has 100 valence electrons. The maximum Gasteiger partial charge on any atom is 0.125 e. The summed E-state index contributed by atoms with van der Waals surface area (Å²) in [5, 5.41) is 14.4. The topological polar surface area (TPSA) is 37.8 Å². The Balaban J connectivity index is 1.74. The summed E-state index contributed by atoms with van der Waals surface area (Å²) >= 11 is 3.70. The summed E-state index contributed by atoms with van der Waals surface area (Å²) < 4.78 is 0. The number of hydrogen-bond donors (Lipinski definition) is 1. The van der Waals surface area contributed by atoms with Gasteiger partial charge in [0.1, 0.15) is 10.0 Å². The van der Waals surface area contributed by atoms with E-state index in [1.165, 1.54) is 15.5 Å². The van der Waals surface area contributed by atoms with E-state index in [1.807, 2.05) is 11.8 Å². The average molecular weight is 291 g/mol. The number of aromatic nitrogens is 2. The predicted molar refractivity (Wildman–Crippen MR) is 81.2 cm³/mol. The van der Waals surface area contributed by atoms with Crippen LogP contribution < -0.4 is 5.32 Å². The highest BCUT2D eigenvalue weighted by atomic mass is 32.2. The molecule has 1 atom stereocenters. The van der Waals surface area contributed by atoms with E-state index in [2.05, 4.69) is 46.7 Å². The molecule has 0 saturated carbocycles. The maximum atomic E-state index is 4.40. The highest BCUT2D eigenvalue weighted by Gasteiger charge is 2.27. The van der Waals surface area contributed by atoms with Crippen molar-refractivity contribution in [3.63, 3.8) is 0 Å². The Morgan fingerprint density at radius 2 is 2.21 bits per heavy atom. The van der Waals surface area contributed by atoms with Crippen LogP contribution in [-0.2, 0) is 6.42 Å². The molecule has 3 nitrogen and oxygen atoms in total. The van der Waals surface area contributed by atoms with Crippen LogP contribution in [0.5, 0.6) is 0 Å². The Morgan fingerprint density at radius 3 is 3.11 bits per heavy atom. The number of rotatable bonds is 5. The molecule has 0 bridgehead atoms. The van der Waals surface area contributed by atoms with Gasteiger partial charge in [0.05, 0.1) is 0 Å². The number of nitrogens with one attached hydrogen (secondary N) is 1. The van der Waals surface area contributed by atoms with Crippen molar-refractivity contribution in [2.24, 2.45) is 0 Å². The van der Waals surface area contributed by atoms with Crippen molar-refractivity contribution >= 4 is 23.1 Å². The van der Waals surface area contributed by atoms with Gasteiger partial charge >= 0.3 is 0 Å². The van der Waals surface area contributed by atoms with Gasteiger partial charge in [0.15, 0.2) is 0 Å². The van der Waals surface area contributed by atoms with Crippen molar-refractivity contribution in [3.8, 4) is 0 Å². The van der Waals surface area contributed by atoms with Gasteiger partial charge in [-0.05, 0) is 18.2 Å². The Hall–Kier alpha value is -0.910. The van der Waals surface area contributed by atoms with Crippen LogP contribution in [0, 0.1) is 0 Å². The number of hydrogen-bond acceptors (Lipinski definition) is 5. The molecule has 3 rings (SSSR count).